The first-order chi connectivity index (χ1) is 10.9. The molecular formula is C18H28N2O2S. The summed E-state index contributed by atoms with van der Waals surface area (Å²) in [6.45, 7) is 6.04. The molecule has 2 amide bonds. The average molecular weight is 337 g/mol. The van der Waals surface area contributed by atoms with Gasteiger partial charge in [0.25, 0.3) is 5.91 Å². The molecule has 1 aromatic heterocycles. The highest BCUT2D eigenvalue weighted by Gasteiger charge is 2.27. The first-order valence-corrected chi connectivity index (χ1v) is 9.46. The molecule has 1 saturated carbocycles. The van der Waals surface area contributed by atoms with E-state index in [0.29, 0.717) is 10.6 Å². The molecule has 0 bridgehead atoms. The third kappa shape index (κ3) is 4.34. The number of carbonyl (C=O) groups excluding carboxylic acids is 2. The first-order valence-electron chi connectivity index (χ1n) is 8.64. The van der Waals surface area contributed by atoms with Crippen molar-refractivity contribution < 1.29 is 9.59 Å². The summed E-state index contributed by atoms with van der Waals surface area (Å²) >= 11 is 1.44. The monoisotopic (exact) mass is 336 g/mol. The number of amides is 2. The van der Waals surface area contributed by atoms with Crippen molar-refractivity contribution in [2.24, 2.45) is 17.6 Å². The second-order valence-corrected chi connectivity index (χ2v) is 7.93. The van der Waals surface area contributed by atoms with Crippen LogP contribution in [-0.4, -0.2) is 11.8 Å². The van der Waals surface area contributed by atoms with Gasteiger partial charge >= 0.3 is 0 Å². The van der Waals surface area contributed by atoms with Crippen molar-refractivity contribution >= 4 is 28.2 Å². The molecule has 23 heavy (non-hydrogen) atoms. The molecule has 0 spiro atoms. The van der Waals surface area contributed by atoms with Crippen LogP contribution in [0.1, 0.15) is 72.7 Å². The van der Waals surface area contributed by atoms with Crippen LogP contribution in [0.2, 0.25) is 0 Å². The number of unbranched alkanes of at least 4 members (excludes halogenated alkanes) is 1. The summed E-state index contributed by atoms with van der Waals surface area (Å²) in [5.74, 6) is 0.427. The van der Waals surface area contributed by atoms with Crippen molar-refractivity contribution in [2.75, 3.05) is 5.32 Å². The van der Waals surface area contributed by atoms with E-state index in [1.807, 2.05) is 13.8 Å². The third-order valence-corrected chi connectivity index (χ3v) is 6.17. The average Bonchev–Trinajstić information content (AvgIpc) is 2.80. The van der Waals surface area contributed by atoms with E-state index in [0.717, 1.165) is 42.0 Å². The molecule has 0 unspecified atom stereocenters. The van der Waals surface area contributed by atoms with Crippen molar-refractivity contribution in [3.05, 3.63) is 16.0 Å². The third-order valence-electron chi connectivity index (χ3n) is 5.05. The molecule has 128 valence electrons. The minimum atomic E-state index is -0.467. The SMILES string of the molecule is CCCCC1CCC(C(=O)Nc2sc(C)c(C)c2C(N)=O)CC1. The highest BCUT2D eigenvalue weighted by Crippen LogP contribution is 2.35. The Hall–Kier alpha value is -1.36. The van der Waals surface area contributed by atoms with Crippen molar-refractivity contribution in [2.45, 2.75) is 65.7 Å². The quantitative estimate of drug-likeness (QED) is 0.808. The van der Waals surface area contributed by atoms with Crippen molar-refractivity contribution in [1.29, 1.82) is 0 Å². The number of aryl methyl sites for hydroxylation is 1. The predicted octanol–water partition coefficient (Wildman–Crippen LogP) is 4.40. The molecule has 0 radical (unpaired) electrons. The molecule has 3 N–H and O–H groups in total. The molecule has 1 aliphatic rings. The maximum Gasteiger partial charge on any atom is 0.251 e. The lowest BCUT2D eigenvalue weighted by atomic mass is 9.79. The van der Waals surface area contributed by atoms with Crippen LogP contribution in [0.5, 0.6) is 0 Å². The van der Waals surface area contributed by atoms with Crippen molar-refractivity contribution in [1.82, 2.24) is 0 Å². The molecule has 0 saturated heterocycles. The van der Waals surface area contributed by atoms with Crippen LogP contribution in [0.4, 0.5) is 5.00 Å². The minimum absolute atomic E-state index is 0.0442. The largest absolute Gasteiger partial charge is 0.365 e. The number of primary amides is 1. The van der Waals surface area contributed by atoms with Gasteiger partial charge in [-0.05, 0) is 51.0 Å². The smallest absolute Gasteiger partial charge is 0.251 e. The second-order valence-electron chi connectivity index (χ2n) is 6.70. The Morgan fingerprint density at radius 3 is 2.43 bits per heavy atom. The number of hydrogen-bond donors (Lipinski definition) is 2. The molecule has 1 fully saturated rings. The van der Waals surface area contributed by atoms with Crippen LogP contribution in [-0.2, 0) is 4.79 Å². The van der Waals surface area contributed by atoms with E-state index in [-0.39, 0.29) is 11.8 Å². The zero-order valence-electron chi connectivity index (χ0n) is 14.4. The minimum Gasteiger partial charge on any atom is -0.365 e. The van der Waals surface area contributed by atoms with Gasteiger partial charge in [-0.2, -0.15) is 0 Å². The molecule has 4 nitrogen and oxygen atoms in total. The lowest BCUT2D eigenvalue weighted by Gasteiger charge is -2.27. The molecule has 2 rings (SSSR count). The summed E-state index contributed by atoms with van der Waals surface area (Å²) in [6.07, 6.45) is 8.02. The van der Waals surface area contributed by atoms with Gasteiger partial charge in [-0.1, -0.05) is 26.2 Å². The zero-order valence-corrected chi connectivity index (χ0v) is 15.2. The van der Waals surface area contributed by atoms with Crippen LogP contribution < -0.4 is 11.1 Å². The number of carbonyl (C=O) groups is 2. The van der Waals surface area contributed by atoms with Crippen molar-refractivity contribution in [3.8, 4) is 0 Å². The van der Waals surface area contributed by atoms with Gasteiger partial charge in [0.1, 0.15) is 5.00 Å². The molecule has 1 aliphatic carbocycles. The fourth-order valence-electron chi connectivity index (χ4n) is 3.43. The lowest BCUT2D eigenvalue weighted by Crippen LogP contribution is -2.28. The standard InChI is InChI=1S/C18H28N2O2S/c1-4-5-6-13-7-9-14(10-8-13)17(22)20-18-15(16(19)21)11(2)12(3)23-18/h13-14H,4-10H2,1-3H3,(H2,19,21)(H,20,22). The Morgan fingerprint density at radius 1 is 1.22 bits per heavy atom. The van der Waals surface area contributed by atoms with E-state index in [1.165, 1.54) is 30.6 Å². The highest BCUT2D eigenvalue weighted by molar-refractivity contribution is 7.16. The van der Waals surface area contributed by atoms with E-state index in [9.17, 15) is 9.59 Å². The Balaban J connectivity index is 1.96. The normalized spacial score (nSPS) is 21.2. The van der Waals surface area contributed by atoms with E-state index in [4.69, 9.17) is 5.73 Å². The molecule has 5 heteroatoms. The Kier molecular flexibility index (Phi) is 6.22. The van der Waals surface area contributed by atoms with Gasteiger partial charge in [-0.25, -0.2) is 0 Å². The van der Waals surface area contributed by atoms with Gasteiger partial charge in [0.05, 0.1) is 5.56 Å². The van der Waals surface area contributed by atoms with Crippen LogP contribution in [0.15, 0.2) is 0 Å². The van der Waals surface area contributed by atoms with Crippen LogP contribution >= 0.6 is 11.3 Å². The highest BCUT2D eigenvalue weighted by atomic mass is 32.1. The summed E-state index contributed by atoms with van der Waals surface area (Å²) in [4.78, 5) is 25.2. The Morgan fingerprint density at radius 2 is 1.87 bits per heavy atom. The number of nitrogens with one attached hydrogen (secondary N) is 1. The summed E-state index contributed by atoms with van der Waals surface area (Å²) in [5.41, 5.74) is 6.81. The first kappa shape index (κ1) is 18.0. The summed E-state index contributed by atoms with van der Waals surface area (Å²) in [6, 6.07) is 0. The summed E-state index contributed by atoms with van der Waals surface area (Å²) < 4.78 is 0. The number of nitrogens with two attached hydrogens (primary N) is 1. The van der Waals surface area contributed by atoms with Gasteiger partial charge in [0.15, 0.2) is 0 Å². The topological polar surface area (TPSA) is 72.2 Å². The van der Waals surface area contributed by atoms with Crippen LogP contribution in [0.3, 0.4) is 0 Å². The maximum atomic E-state index is 12.5. The molecule has 0 aliphatic heterocycles. The molecule has 1 aromatic rings. The van der Waals surface area contributed by atoms with Gasteiger partial charge in [0.2, 0.25) is 5.91 Å². The number of anilines is 1. The predicted molar refractivity (Wildman–Crippen MR) is 95.9 cm³/mol. The lowest BCUT2D eigenvalue weighted by molar-refractivity contribution is -0.121. The summed E-state index contributed by atoms with van der Waals surface area (Å²) in [5, 5.41) is 3.58. The molecule has 0 atom stereocenters. The Labute approximate surface area is 142 Å². The number of thiophene rings is 1. The van der Waals surface area contributed by atoms with Crippen molar-refractivity contribution in [3.63, 3.8) is 0 Å². The number of hydrogen-bond acceptors (Lipinski definition) is 3. The van der Waals surface area contributed by atoms with Crippen LogP contribution in [0, 0.1) is 25.7 Å². The fraction of sp³-hybridized carbons (Fsp3) is 0.667. The van der Waals surface area contributed by atoms with Gasteiger partial charge in [0, 0.05) is 10.8 Å². The zero-order chi connectivity index (χ0) is 17.0. The fourth-order valence-corrected chi connectivity index (χ4v) is 4.50. The van der Waals surface area contributed by atoms with Crippen LogP contribution in [0.25, 0.3) is 0 Å². The van der Waals surface area contributed by atoms with E-state index in [2.05, 4.69) is 12.2 Å². The Bertz CT molecular complexity index is 572. The van der Waals surface area contributed by atoms with E-state index in [1.54, 1.807) is 0 Å². The van der Waals surface area contributed by atoms with Gasteiger partial charge in [-0.15, -0.1) is 11.3 Å². The van der Waals surface area contributed by atoms with Gasteiger partial charge in [-0.3, -0.25) is 9.59 Å². The van der Waals surface area contributed by atoms with E-state index < -0.39 is 5.91 Å². The van der Waals surface area contributed by atoms with E-state index >= 15 is 0 Å². The maximum absolute atomic E-state index is 12.5. The molecule has 0 aromatic carbocycles. The second kappa shape index (κ2) is 7.95. The molecule has 1 heterocycles. The number of rotatable bonds is 6. The van der Waals surface area contributed by atoms with Gasteiger partial charge < -0.3 is 11.1 Å². The summed E-state index contributed by atoms with van der Waals surface area (Å²) in [7, 11) is 0. The molecular weight excluding hydrogens is 308 g/mol.